The normalized spacial score (nSPS) is 19.4. The average Bonchev–Trinajstić information content (AvgIpc) is 3.40. The molecule has 1 fully saturated rings. The second-order valence-corrected chi connectivity index (χ2v) is 7.93. The second-order valence-electron chi connectivity index (χ2n) is 7.93. The molecule has 1 atom stereocenters. The second kappa shape index (κ2) is 6.61. The number of ether oxygens (including phenoxy) is 1. The van der Waals surface area contributed by atoms with Crippen molar-refractivity contribution in [2.24, 2.45) is 5.92 Å². The summed E-state index contributed by atoms with van der Waals surface area (Å²) >= 11 is 0. The van der Waals surface area contributed by atoms with E-state index in [1.165, 1.54) is 25.0 Å². The summed E-state index contributed by atoms with van der Waals surface area (Å²) < 4.78 is 45.7. The van der Waals surface area contributed by atoms with Crippen molar-refractivity contribution in [2.45, 2.75) is 44.6 Å². The Labute approximate surface area is 165 Å². The highest BCUT2D eigenvalue weighted by Crippen LogP contribution is 2.33. The number of hydrogen-bond acceptors (Lipinski definition) is 2. The molecule has 1 unspecified atom stereocenters. The fraction of sp³-hybridized carbons (Fsp3) is 0.364. The molecule has 29 heavy (non-hydrogen) atoms. The highest BCUT2D eigenvalue weighted by atomic mass is 19.4. The number of pyridine rings is 1. The largest absolute Gasteiger partial charge is 0.573 e. The summed E-state index contributed by atoms with van der Waals surface area (Å²) in [6, 6.07) is 7.66. The van der Waals surface area contributed by atoms with E-state index in [2.05, 4.69) is 15.5 Å². The van der Waals surface area contributed by atoms with E-state index in [0.29, 0.717) is 18.4 Å². The van der Waals surface area contributed by atoms with E-state index in [-0.39, 0.29) is 11.5 Å². The van der Waals surface area contributed by atoms with Crippen molar-refractivity contribution in [2.75, 3.05) is 0 Å². The van der Waals surface area contributed by atoms with Crippen LogP contribution in [0.2, 0.25) is 0 Å². The van der Waals surface area contributed by atoms with Gasteiger partial charge in [0, 0.05) is 30.8 Å². The lowest BCUT2D eigenvalue weighted by atomic mass is 9.86. The topological polar surface area (TPSA) is 35.1 Å². The van der Waals surface area contributed by atoms with Crippen LogP contribution in [0.3, 0.4) is 0 Å². The number of aromatic nitrogens is 2. The van der Waals surface area contributed by atoms with Gasteiger partial charge in [-0.1, -0.05) is 6.07 Å². The summed E-state index contributed by atoms with van der Waals surface area (Å²) in [7, 11) is 0. The molecule has 0 saturated heterocycles. The molecule has 0 N–H and O–H groups in total. The molecule has 4 nitrogen and oxygen atoms in total. The van der Waals surface area contributed by atoms with Gasteiger partial charge in [0.25, 0.3) is 0 Å². The molecule has 5 rings (SSSR count). The Balaban J connectivity index is 1.43. The van der Waals surface area contributed by atoms with Gasteiger partial charge < -0.3 is 9.30 Å². The smallest absolute Gasteiger partial charge is 0.406 e. The van der Waals surface area contributed by atoms with Crippen molar-refractivity contribution in [1.29, 1.82) is 0 Å². The van der Waals surface area contributed by atoms with E-state index >= 15 is 0 Å². The number of carbonyl (C=O) groups excluding carboxylic acids is 1. The number of hydrogen-bond donors (Lipinski definition) is 0. The van der Waals surface area contributed by atoms with Crippen LogP contribution in [0.4, 0.5) is 13.2 Å². The highest BCUT2D eigenvalue weighted by molar-refractivity contribution is 6.00. The maximum atomic E-state index is 13.1. The molecular weight excluding hydrogens is 381 g/mol. The van der Waals surface area contributed by atoms with Crippen molar-refractivity contribution in [1.82, 2.24) is 4.57 Å². The first-order valence-corrected chi connectivity index (χ1v) is 9.80. The fourth-order valence-electron chi connectivity index (χ4n) is 4.18. The van der Waals surface area contributed by atoms with Crippen LogP contribution in [0.1, 0.15) is 41.2 Å². The Kier molecular flexibility index (Phi) is 4.15. The van der Waals surface area contributed by atoms with Crippen LogP contribution < -0.4 is 9.30 Å². The minimum atomic E-state index is -4.78. The molecule has 0 spiro atoms. The number of alkyl halides is 3. The number of fused-ring (bicyclic) bond motifs is 2. The Morgan fingerprint density at radius 2 is 1.97 bits per heavy atom. The van der Waals surface area contributed by atoms with Gasteiger partial charge in [-0.25, -0.2) is 0 Å². The molecule has 1 aromatic carbocycles. The van der Waals surface area contributed by atoms with Gasteiger partial charge in [0.15, 0.2) is 12.4 Å². The molecule has 2 aromatic heterocycles. The van der Waals surface area contributed by atoms with Gasteiger partial charge >= 0.3 is 6.36 Å². The quantitative estimate of drug-likeness (QED) is 0.599. The number of carbonyl (C=O) groups is 1. The maximum absolute atomic E-state index is 13.1. The monoisotopic (exact) mass is 401 g/mol. The van der Waals surface area contributed by atoms with Crippen molar-refractivity contribution in [3.8, 4) is 5.75 Å². The molecule has 0 radical (unpaired) electrons. The van der Waals surface area contributed by atoms with Crippen molar-refractivity contribution in [3.05, 3.63) is 60.0 Å². The van der Waals surface area contributed by atoms with Crippen LogP contribution in [0.25, 0.3) is 10.9 Å². The Bertz CT molecular complexity index is 1100. The van der Waals surface area contributed by atoms with Crippen LogP contribution in [0.5, 0.6) is 5.75 Å². The lowest BCUT2D eigenvalue weighted by Gasteiger charge is -2.21. The molecule has 7 heteroatoms. The first-order chi connectivity index (χ1) is 13.9. The standard InChI is InChI=1S/C22H20F3N2O2/c23-22(24,25)29-17-5-3-15-4-6-20(21(28)18(15)11-17)27-10-8-19-16(13-27)7-9-26(19)12-14-1-2-14/h3,5,7-11,13-14,20H,1-2,4,6,12H2/q+1. The van der Waals surface area contributed by atoms with Crippen LogP contribution in [-0.2, 0) is 13.0 Å². The molecule has 2 heterocycles. The van der Waals surface area contributed by atoms with Gasteiger partial charge in [0.1, 0.15) is 5.75 Å². The summed E-state index contributed by atoms with van der Waals surface area (Å²) in [6.45, 7) is 1.02. The predicted molar refractivity (Wildman–Crippen MR) is 99.7 cm³/mol. The number of halogens is 3. The van der Waals surface area contributed by atoms with Crippen LogP contribution in [0.15, 0.2) is 48.9 Å². The van der Waals surface area contributed by atoms with Gasteiger partial charge in [-0.05, 0) is 48.9 Å². The lowest BCUT2D eigenvalue weighted by Crippen LogP contribution is -2.45. The summed E-state index contributed by atoms with van der Waals surface area (Å²) in [5.74, 6) is 0.228. The van der Waals surface area contributed by atoms with Gasteiger partial charge in [0.2, 0.25) is 11.8 Å². The van der Waals surface area contributed by atoms with Crippen molar-refractivity contribution >= 4 is 16.7 Å². The first kappa shape index (κ1) is 18.2. The number of Topliss-reactive ketones (excluding diaryl/α,β-unsaturated/α-hetero) is 1. The molecule has 3 aromatic rings. The van der Waals surface area contributed by atoms with Crippen molar-refractivity contribution in [3.63, 3.8) is 0 Å². The SMILES string of the molecule is O=C1c2cc(OC(F)(F)F)ccc2CCC1[n+]1ccc2c(ccn2CC2CC2)c1. The van der Waals surface area contributed by atoms with E-state index in [9.17, 15) is 18.0 Å². The van der Waals surface area contributed by atoms with Crippen LogP contribution >= 0.6 is 0 Å². The van der Waals surface area contributed by atoms with Crippen molar-refractivity contribution < 1.29 is 27.3 Å². The number of ketones is 1. The molecule has 150 valence electrons. The number of aryl methyl sites for hydroxylation is 1. The summed E-state index contributed by atoms with van der Waals surface area (Å²) in [4.78, 5) is 13.1. The lowest BCUT2D eigenvalue weighted by molar-refractivity contribution is -0.707. The third-order valence-electron chi connectivity index (χ3n) is 5.81. The summed E-state index contributed by atoms with van der Waals surface area (Å²) in [5.41, 5.74) is 2.21. The van der Waals surface area contributed by atoms with E-state index in [0.717, 1.165) is 28.9 Å². The van der Waals surface area contributed by atoms with Gasteiger partial charge in [-0.3, -0.25) is 4.79 Å². The molecule has 1 saturated carbocycles. The van der Waals surface area contributed by atoms with E-state index in [1.54, 1.807) is 6.07 Å². The number of rotatable bonds is 4. The van der Waals surface area contributed by atoms with E-state index in [1.807, 2.05) is 29.1 Å². The Morgan fingerprint density at radius 1 is 1.14 bits per heavy atom. The summed E-state index contributed by atoms with van der Waals surface area (Å²) in [6.07, 6.45) is 4.96. The third kappa shape index (κ3) is 3.61. The first-order valence-electron chi connectivity index (χ1n) is 9.80. The Hall–Kier alpha value is -2.83. The Morgan fingerprint density at radius 3 is 2.72 bits per heavy atom. The molecule has 0 bridgehead atoms. The minimum absolute atomic E-state index is 0.180. The molecule has 2 aliphatic carbocycles. The van der Waals surface area contributed by atoms with Crippen LogP contribution in [-0.4, -0.2) is 16.7 Å². The van der Waals surface area contributed by atoms with Gasteiger partial charge in [-0.15, -0.1) is 13.2 Å². The number of benzene rings is 1. The predicted octanol–water partition coefficient (Wildman–Crippen LogP) is 4.61. The van der Waals surface area contributed by atoms with E-state index in [4.69, 9.17) is 0 Å². The zero-order chi connectivity index (χ0) is 20.2. The van der Waals surface area contributed by atoms with Gasteiger partial charge in [-0.2, -0.15) is 4.57 Å². The summed E-state index contributed by atoms with van der Waals surface area (Å²) in [5, 5.41) is 1.06. The molecule has 2 aliphatic rings. The van der Waals surface area contributed by atoms with E-state index < -0.39 is 12.4 Å². The third-order valence-corrected chi connectivity index (χ3v) is 5.81. The van der Waals surface area contributed by atoms with Gasteiger partial charge in [0.05, 0.1) is 10.9 Å². The zero-order valence-corrected chi connectivity index (χ0v) is 15.7. The molecule has 0 aliphatic heterocycles. The number of nitrogens with zero attached hydrogens (tertiary/aromatic N) is 2. The molecular formula is C22H20F3N2O2+. The molecule has 0 amide bonds. The maximum Gasteiger partial charge on any atom is 0.573 e. The van der Waals surface area contributed by atoms with Crippen LogP contribution in [0, 0.1) is 5.92 Å². The average molecular weight is 401 g/mol. The minimum Gasteiger partial charge on any atom is -0.406 e. The zero-order valence-electron chi connectivity index (χ0n) is 15.7. The highest BCUT2D eigenvalue weighted by Gasteiger charge is 2.36. The fourth-order valence-corrected chi connectivity index (χ4v) is 4.18.